The van der Waals surface area contributed by atoms with Crippen molar-refractivity contribution in [3.05, 3.63) is 95.8 Å². The Kier molecular flexibility index (Phi) is 6.07. The Hall–Kier alpha value is -3.22. The van der Waals surface area contributed by atoms with Gasteiger partial charge in [-0.1, -0.05) is 60.7 Å². The summed E-state index contributed by atoms with van der Waals surface area (Å²) in [5, 5.41) is 10.2. The minimum Gasteiger partial charge on any atom is -0.397 e. The first-order valence-corrected chi connectivity index (χ1v) is 10.1. The number of benzene rings is 2. The number of aliphatic hydroxyl groups excluding tert-OH is 1. The Morgan fingerprint density at radius 3 is 2.23 bits per heavy atom. The Balaban J connectivity index is 1.60. The Labute approximate surface area is 176 Å². The first kappa shape index (κ1) is 20.1. The summed E-state index contributed by atoms with van der Waals surface area (Å²) in [5.41, 5.74) is 9.06. The molecule has 2 heterocycles. The molecule has 1 aliphatic heterocycles. The minimum absolute atomic E-state index is 0.0100. The lowest BCUT2D eigenvalue weighted by Gasteiger charge is -2.45. The van der Waals surface area contributed by atoms with Crippen LogP contribution in [0.2, 0.25) is 0 Å². The van der Waals surface area contributed by atoms with Crippen LogP contribution < -0.4 is 5.73 Å². The van der Waals surface area contributed by atoms with Gasteiger partial charge in [-0.15, -0.1) is 0 Å². The van der Waals surface area contributed by atoms with E-state index in [-0.39, 0.29) is 24.6 Å². The zero-order chi connectivity index (χ0) is 20.9. The van der Waals surface area contributed by atoms with Crippen molar-refractivity contribution < 1.29 is 9.90 Å². The Morgan fingerprint density at radius 1 is 1.03 bits per heavy atom. The lowest BCUT2D eigenvalue weighted by molar-refractivity contribution is 0.0196. The zero-order valence-electron chi connectivity index (χ0n) is 16.8. The molecule has 1 aliphatic rings. The number of nitrogen functional groups attached to an aromatic ring is 1. The van der Waals surface area contributed by atoms with Crippen LogP contribution >= 0.6 is 0 Å². The highest BCUT2D eigenvalue weighted by atomic mass is 16.3. The second-order valence-electron chi connectivity index (χ2n) is 7.56. The molecular weight excluding hydrogens is 376 g/mol. The summed E-state index contributed by atoms with van der Waals surface area (Å²) in [6.07, 6.45) is 3.06. The number of aliphatic hydroxyl groups is 1. The topological polar surface area (TPSA) is 82.7 Å². The number of anilines is 1. The van der Waals surface area contributed by atoms with Crippen LogP contribution in [0, 0.1) is 0 Å². The molecule has 3 aromatic rings. The third-order valence-corrected chi connectivity index (χ3v) is 5.59. The van der Waals surface area contributed by atoms with E-state index < -0.39 is 0 Å². The van der Waals surface area contributed by atoms with Crippen LogP contribution in [0.5, 0.6) is 0 Å². The van der Waals surface area contributed by atoms with E-state index in [2.05, 4.69) is 34.1 Å². The summed E-state index contributed by atoms with van der Waals surface area (Å²) in [5.74, 6) is -0.108. The van der Waals surface area contributed by atoms with Crippen LogP contribution in [0.4, 0.5) is 5.69 Å². The zero-order valence-corrected chi connectivity index (χ0v) is 16.8. The number of nitrogens with zero attached hydrogens (tertiary/aromatic N) is 3. The molecule has 1 atom stereocenters. The summed E-state index contributed by atoms with van der Waals surface area (Å²) in [6, 6.07) is 22.1. The van der Waals surface area contributed by atoms with Crippen molar-refractivity contribution in [2.24, 2.45) is 0 Å². The van der Waals surface area contributed by atoms with E-state index in [1.165, 1.54) is 23.5 Å². The number of pyridine rings is 1. The van der Waals surface area contributed by atoms with Crippen LogP contribution in [0.25, 0.3) is 0 Å². The van der Waals surface area contributed by atoms with E-state index >= 15 is 0 Å². The summed E-state index contributed by atoms with van der Waals surface area (Å²) in [4.78, 5) is 21.1. The van der Waals surface area contributed by atoms with E-state index in [1.54, 1.807) is 11.0 Å². The van der Waals surface area contributed by atoms with Crippen molar-refractivity contribution in [2.75, 3.05) is 32.0 Å². The molecule has 1 amide bonds. The fourth-order valence-electron chi connectivity index (χ4n) is 4.16. The van der Waals surface area contributed by atoms with Crippen LogP contribution in [0.3, 0.4) is 0 Å². The normalized spacial score (nSPS) is 17.3. The fourth-order valence-corrected chi connectivity index (χ4v) is 4.16. The van der Waals surface area contributed by atoms with Gasteiger partial charge in [0.05, 0.1) is 29.9 Å². The molecule has 0 spiro atoms. The number of amides is 1. The van der Waals surface area contributed by atoms with Gasteiger partial charge in [-0.25, -0.2) is 0 Å². The lowest BCUT2D eigenvalue weighted by Crippen LogP contribution is -2.57. The average molecular weight is 402 g/mol. The van der Waals surface area contributed by atoms with E-state index in [1.807, 2.05) is 36.4 Å². The van der Waals surface area contributed by atoms with Gasteiger partial charge < -0.3 is 15.7 Å². The van der Waals surface area contributed by atoms with Gasteiger partial charge >= 0.3 is 0 Å². The monoisotopic (exact) mass is 402 g/mol. The van der Waals surface area contributed by atoms with Gasteiger partial charge in [0.2, 0.25) is 0 Å². The quantitative estimate of drug-likeness (QED) is 0.685. The van der Waals surface area contributed by atoms with Gasteiger partial charge in [0, 0.05) is 32.0 Å². The smallest absolute Gasteiger partial charge is 0.255 e. The highest BCUT2D eigenvalue weighted by Gasteiger charge is 2.35. The van der Waals surface area contributed by atoms with Gasteiger partial charge in [0.25, 0.3) is 5.91 Å². The summed E-state index contributed by atoms with van der Waals surface area (Å²) >= 11 is 0. The average Bonchev–Trinajstić information content (AvgIpc) is 2.80. The molecule has 0 saturated carbocycles. The summed E-state index contributed by atoms with van der Waals surface area (Å²) in [6.45, 7) is 1.64. The molecule has 3 N–H and O–H groups in total. The van der Waals surface area contributed by atoms with Crippen LogP contribution in [0.15, 0.2) is 79.1 Å². The molecule has 1 aromatic heterocycles. The largest absolute Gasteiger partial charge is 0.397 e. The van der Waals surface area contributed by atoms with Crippen molar-refractivity contribution in [1.82, 2.24) is 14.8 Å². The maximum Gasteiger partial charge on any atom is 0.255 e. The summed E-state index contributed by atoms with van der Waals surface area (Å²) in [7, 11) is 0. The van der Waals surface area contributed by atoms with Crippen molar-refractivity contribution in [3.63, 3.8) is 0 Å². The van der Waals surface area contributed by atoms with Crippen LogP contribution in [-0.2, 0) is 0 Å². The predicted octanol–water partition coefficient (Wildman–Crippen LogP) is 2.57. The number of carbonyl (C=O) groups excluding carboxylic acids is 1. The number of hydrogen-bond donors (Lipinski definition) is 2. The number of nitrogens with two attached hydrogens (primary N) is 1. The SMILES string of the molecule is Nc1cncc(C(=O)N2CCN(C(c3ccccc3)c3ccccc3)[C@@H](CO)C2)c1. The number of aromatic nitrogens is 1. The third-order valence-electron chi connectivity index (χ3n) is 5.59. The van der Waals surface area contributed by atoms with Gasteiger partial charge in [-0.2, -0.15) is 0 Å². The molecular formula is C24H26N4O2. The molecule has 0 bridgehead atoms. The third kappa shape index (κ3) is 4.20. The molecule has 30 heavy (non-hydrogen) atoms. The predicted molar refractivity (Wildman–Crippen MR) is 117 cm³/mol. The van der Waals surface area contributed by atoms with E-state index in [9.17, 15) is 9.90 Å². The van der Waals surface area contributed by atoms with E-state index in [4.69, 9.17) is 5.73 Å². The van der Waals surface area contributed by atoms with Crippen molar-refractivity contribution in [3.8, 4) is 0 Å². The number of hydrogen-bond acceptors (Lipinski definition) is 5. The van der Waals surface area contributed by atoms with E-state index in [0.717, 1.165) is 0 Å². The molecule has 0 unspecified atom stereocenters. The highest BCUT2D eigenvalue weighted by molar-refractivity contribution is 5.94. The van der Waals surface area contributed by atoms with Gasteiger partial charge in [-0.3, -0.25) is 14.7 Å². The van der Waals surface area contributed by atoms with Gasteiger partial charge in [0.1, 0.15) is 0 Å². The van der Waals surface area contributed by atoms with Crippen LogP contribution in [0.1, 0.15) is 27.5 Å². The van der Waals surface area contributed by atoms with Gasteiger partial charge in [0.15, 0.2) is 0 Å². The molecule has 1 fully saturated rings. The second kappa shape index (κ2) is 9.07. The Morgan fingerprint density at radius 2 is 1.67 bits per heavy atom. The lowest BCUT2D eigenvalue weighted by atomic mass is 9.94. The molecule has 2 aromatic carbocycles. The first-order valence-electron chi connectivity index (χ1n) is 10.1. The summed E-state index contributed by atoms with van der Waals surface area (Å²) < 4.78 is 0. The van der Waals surface area contributed by atoms with Crippen molar-refractivity contribution in [1.29, 1.82) is 0 Å². The molecule has 4 rings (SSSR count). The maximum absolute atomic E-state index is 13.0. The minimum atomic E-state index is -0.179. The molecule has 154 valence electrons. The molecule has 6 heteroatoms. The van der Waals surface area contributed by atoms with Gasteiger partial charge in [-0.05, 0) is 17.2 Å². The first-order chi connectivity index (χ1) is 14.7. The number of piperazine rings is 1. The number of carbonyl (C=O) groups is 1. The van der Waals surface area contributed by atoms with Crippen molar-refractivity contribution in [2.45, 2.75) is 12.1 Å². The molecule has 0 aliphatic carbocycles. The van der Waals surface area contributed by atoms with Crippen molar-refractivity contribution >= 4 is 11.6 Å². The molecule has 6 nitrogen and oxygen atoms in total. The van der Waals surface area contributed by atoms with E-state index in [0.29, 0.717) is 30.9 Å². The molecule has 1 saturated heterocycles. The standard InChI is InChI=1S/C24H26N4O2/c25-21-13-20(14-26-15-21)24(30)27-11-12-28(22(16-27)17-29)23(18-7-3-1-4-8-18)19-9-5-2-6-10-19/h1-10,13-15,22-23,29H,11-12,16-17,25H2/t22-/m1/s1. The Bertz CT molecular complexity index is 941. The highest BCUT2D eigenvalue weighted by Crippen LogP contribution is 2.32. The number of rotatable bonds is 5. The second-order valence-corrected chi connectivity index (χ2v) is 7.56. The van der Waals surface area contributed by atoms with Crippen LogP contribution in [-0.4, -0.2) is 58.1 Å². The maximum atomic E-state index is 13.0. The fraction of sp³-hybridized carbons (Fsp3) is 0.250. The molecule has 0 radical (unpaired) electrons.